The molecule has 2 rings (SSSR count). The Balaban J connectivity index is 0.00000242. The van der Waals surface area contributed by atoms with Gasteiger partial charge in [-0.25, -0.2) is 8.78 Å². The summed E-state index contributed by atoms with van der Waals surface area (Å²) >= 11 is 0. The molecule has 1 heterocycles. The van der Waals surface area contributed by atoms with Gasteiger partial charge < -0.3 is 10.2 Å². The van der Waals surface area contributed by atoms with Gasteiger partial charge in [0.2, 0.25) is 0 Å². The topological polar surface area (TPSA) is 27.6 Å². The predicted octanol–water partition coefficient (Wildman–Crippen LogP) is 3.43. The van der Waals surface area contributed by atoms with Crippen molar-refractivity contribution in [1.29, 1.82) is 0 Å². The number of benzene rings is 1. The van der Waals surface area contributed by atoms with E-state index in [-0.39, 0.29) is 24.0 Å². The van der Waals surface area contributed by atoms with Gasteiger partial charge in [0, 0.05) is 32.7 Å². The second-order valence-electron chi connectivity index (χ2n) is 5.70. The molecule has 1 aromatic rings. The summed E-state index contributed by atoms with van der Waals surface area (Å²) in [6.07, 6.45) is 3.00. The third kappa shape index (κ3) is 5.70. The Morgan fingerprint density at radius 1 is 1.32 bits per heavy atom. The number of piperidine rings is 1. The molecule has 1 fully saturated rings. The molecule has 1 unspecified atom stereocenters. The normalized spacial score (nSPS) is 18.8. The molecule has 1 aliphatic heterocycles. The molecule has 1 N–H and O–H groups in total. The maximum atomic E-state index is 13.1. The third-order valence-electron chi connectivity index (χ3n) is 3.79. The summed E-state index contributed by atoms with van der Waals surface area (Å²) in [7, 11) is 1.77. The standard InChI is InChI=1S/C16H23F2N3.HI/c1-12-4-3-7-21(11-12)16(19-2)20-6-5-13-8-14(17)10-15(18)9-13;/h8-10,12H,3-7,11H2,1-2H3,(H,19,20);1H. The number of hydrogen-bond acceptors (Lipinski definition) is 1. The van der Waals surface area contributed by atoms with Crippen molar-refractivity contribution in [2.24, 2.45) is 10.9 Å². The van der Waals surface area contributed by atoms with Gasteiger partial charge in [-0.3, -0.25) is 4.99 Å². The van der Waals surface area contributed by atoms with Crippen LogP contribution in [0, 0.1) is 17.6 Å². The molecule has 1 saturated heterocycles. The Morgan fingerprint density at radius 2 is 2.00 bits per heavy atom. The van der Waals surface area contributed by atoms with Crippen molar-refractivity contribution >= 4 is 29.9 Å². The molecule has 1 aromatic carbocycles. The van der Waals surface area contributed by atoms with Gasteiger partial charge in [-0.1, -0.05) is 6.92 Å². The van der Waals surface area contributed by atoms with Crippen LogP contribution in [0.4, 0.5) is 8.78 Å². The highest BCUT2D eigenvalue weighted by Crippen LogP contribution is 2.15. The Bertz CT molecular complexity index is 488. The molecule has 6 heteroatoms. The first kappa shape index (κ1) is 19.1. The van der Waals surface area contributed by atoms with Crippen LogP contribution >= 0.6 is 24.0 Å². The summed E-state index contributed by atoms with van der Waals surface area (Å²) in [6, 6.07) is 3.64. The second kappa shape index (κ2) is 9.27. The molecule has 124 valence electrons. The van der Waals surface area contributed by atoms with Crippen molar-refractivity contribution in [1.82, 2.24) is 10.2 Å². The smallest absolute Gasteiger partial charge is 0.193 e. The van der Waals surface area contributed by atoms with E-state index in [0.29, 0.717) is 24.4 Å². The van der Waals surface area contributed by atoms with Crippen LogP contribution in [0.15, 0.2) is 23.2 Å². The Labute approximate surface area is 148 Å². The van der Waals surface area contributed by atoms with Crippen LogP contribution in [0.3, 0.4) is 0 Å². The van der Waals surface area contributed by atoms with Crippen molar-refractivity contribution in [3.05, 3.63) is 35.4 Å². The average molecular weight is 423 g/mol. The number of nitrogens with zero attached hydrogens (tertiary/aromatic N) is 2. The van der Waals surface area contributed by atoms with E-state index in [2.05, 4.69) is 22.1 Å². The molecular formula is C16H24F2IN3. The minimum atomic E-state index is -0.528. The first-order chi connectivity index (χ1) is 10.1. The summed E-state index contributed by atoms with van der Waals surface area (Å²) in [4.78, 5) is 6.55. The van der Waals surface area contributed by atoms with E-state index in [1.807, 2.05) is 0 Å². The van der Waals surface area contributed by atoms with Crippen molar-refractivity contribution in [2.45, 2.75) is 26.2 Å². The lowest BCUT2D eigenvalue weighted by molar-refractivity contribution is 0.266. The van der Waals surface area contributed by atoms with E-state index >= 15 is 0 Å². The van der Waals surface area contributed by atoms with Crippen LogP contribution in [-0.2, 0) is 6.42 Å². The number of likely N-dealkylation sites (tertiary alicyclic amines) is 1. The number of hydrogen-bond donors (Lipinski definition) is 1. The Morgan fingerprint density at radius 3 is 2.59 bits per heavy atom. The summed E-state index contributed by atoms with van der Waals surface area (Å²) in [5.74, 6) is 0.492. The molecule has 3 nitrogen and oxygen atoms in total. The minimum Gasteiger partial charge on any atom is -0.356 e. The van der Waals surface area contributed by atoms with Crippen molar-refractivity contribution in [3.8, 4) is 0 Å². The molecule has 0 aromatic heterocycles. The summed E-state index contributed by atoms with van der Waals surface area (Å²) < 4.78 is 26.2. The molecule has 0 radical (unpaired) electrons. The summed E-state index contributed by atoms with van der Waals surface area (Å²) in [5, 5.41) is 3.28. The molecular weight excluding hydrogens is 399 g/mol. The Kier molecular flexibility index (Phi) is 8.06. The fraction of sp³-hybridized carbons (Fsp3) is 0.562. The molecule has 0 spiro atoms. The first-order valence-electron chi connectivity index (χ1n) is 7.49. The van der Waals surface area contributed by atoms with Crippen LogP contribution in [-0.4, -0.2) is 37.5 Å². The molecule has 0 amide bonds. The number of nitrogens with one attached hydrogen (secondary N) is 1. The minimum absolute atomic E-state index is 0. The van der Waals surface area contributed by atoms with Crippen LogP contribution in [0.25, 0.3) is 0 Å². The van der Waals surface area contributed by atoms with Gasteiger partial charge in [-0.05, 0) is 42.9 Å². The van der Waals surface area contributed by atoms with Gasteiger partial charge in [0.05, 0.1) is 0 Å². The summed E-state index contributed by atoms with van der Waals surface area (Å²) in [5.41, 5.74) is 0.655. The van der Waals surface area contributed by atoms with Gasteiger partial charge in [0.15, 0.2) is 5.96 Å². The van der Waals surface area contributed by atoms with Crippen LogP contribution < -0.4 is 5.32 Å². The second-order valence-corrected chi connectivity index (χ2v) is 5.70. The molecule has 22 heavy (non-hydrogen) atoms. The van der Waals surface area contributed by atoms with Gasteiger partial charge in [0.1, 0.15) is 11.6 Å². The van der Waals surface area contributed by atoms with E-state index in [0.717, 1.165) is 25.1 Å². The number of guanidine groups is 1. The van der Waals surface area contributed by atoms with E-state index in [1.54, 1.807) is 7.05 Å². The van der Waals surface area contributed by atoms with Gasteiger partial charge in [0.25, 0.3) is 0 Å². The van der Waals surface area contributed by atoms with E-state index in [9.17, 15) is 8.78 Å². The molecule has 0 aliphatic carbocycles. The fourth-order valence-electron chi connectivity index (χ4n) is 2.79. The molecule has 1 aliphatic rings. The molecule has 0 bridgehead atoms. The number of halogens is 3. The lowest BCUT2D eigenvalue weighted by Gasteiger charge is -2.33. The van der Waals surface area contributed by atoms with Gasteiger partial charge in [-0.2, -0.15) is 0 Å². The Hall–Kier alpha value is -0.920. The SMILES string of the molecule is CN=C(NCCc1cc(F)cc(F)c1)N1CCCC(C)C1.I. The molecule has 1 atom stereocenters. The lowest BCUT2D eigenvalue weighted by atomic mass is 10.0. The van der Waals surface area contributed by atoms with Crippen LogP contribution in [0.5, 0.6) is 0 Å². The lowest BCUT2D eigenvalue weighted by Crippen LogP contribution is -2.46. The highest BCUT2D eigenvalue weighted by Gasteiger charge is 2.18. The van der Waals surface area contributed by atoms with Crippen molar-refractivity contribution < 1.29 is 8.78 Å². The summed E-state index contributed by atoms with van der Waals surface area (Å²) in [6.45, 7) is 4.88. The number of rotatable bonds is 3. The monoisotopic (exact) mass is 423 g/mol. The average Bonchev–Trinajstić information content (AvgIpc) is 2.42. The zero-order valence-corrected chi connectivity index (χ0v) is 15.4. The van der Waals surface area contributed by atoms with E-state index in [1.165, 1.54) is 25.0 Å². The third-order valence-corrected chi connectivity index (χ3v) is 3.79. The predicted molar refractivity (Wildman–Crippen MR) is 96.8 cm³/mol. The quantitative estimate of drug-likeness (QED) is 0.459. The fourth-order valence-corrected chi connectivity index (χ4v) is 2.79. The van der Waals surface area contributed by atoms with E-state index in [4.69, 9.17) is 0 Å². The first-order valence-corrected chi connectivity index (χ1v) is 7.49. The van der Waals surface area contributed by atoms with Crippen molar-refractivity contribution in [3.63, 3.8) is 0 Å². The highest BCUT2D eigenvalue weighted by atomic mass is 127. The maximum absolute atomic E-state index is 13.1. The van der Waals surface area contributed by atoms with Crippen LogP contribution in [0.2, 0.25) is 0 Å². The molecule has 0 saturated carbocycles. The largest absolute Gasteiger partial charge is 0.356 e. The number of aliphatic imine (C=N–C) groups is 1. The van der Waals surface area contributed by atoms with E-state index < -0.39 is 11.6 Å². The van der Waals surface area contributed by atoms with Crippen molar-refractivity contribution in [2.75, 3.05) is 26.7 Å². The maximum Gasteiger partial charge on any atom is 0.193 e. The van der Waals surface area contributed by atoms with Crippen LogP contribution in [0.1, 0.15) is 25.3 Å². The zero-order chi connectivity index (χ0) is 15.2. The highest BCUT2D eigenvalue weighted by molar-refractivity contribution is 14.0. The van der Waals surface area contributed by atoms with Gasteiger partial charge >= 0.3 is 0 Å². The van der Waals surface area contributed by atoms with Gasteiger partial charge in [-0.15, -0.1) is 24.0 Å². The zero-order valence-electron chi connectivity index (χ0n) is 13.1.